The van der Waals surface area contributed by atoms with E-state index in [1.807, 2.05) is 48.5 Å². The number of amides is 1. The van der Waals surface area contributed by atoms with Gasteiger partial charge in [-0.25, -0.2) is 12.4 Å². The number of nitrogens with zero attached hydrogens (tertiary/aromatic N) is 1. The average Bonchev–Trinajstić information content (AvgIpc) is 3.26. The molecule has 5 rings (SSSR count). The van der Waals surface area contributed by atoms with Crippen LogP contribution in [0, 0.1) is 0 Å². The molecule has 6 nitrogen and oxygen atoms in total. The maximum absolute atomic E-state index is 13.5. The second-order valence-electron chi connectivity index (χ2n) is 8.11. The molecular formula is C26H24N2O4S. The summed E-state index contributed by atoms with van der Waals surface area (Å²) in [7, 11) is -3.85. The lowest BCUT2D eigenvalue weighted by molar-refractivity contribution is 0.0696. The van der Waals surface area contributed by atoms with Crippen LogP contribution in [-0.2, 0) is 14.8 Å². The Bertz CT molecular complexity index is 1390. The Labute approximate surface area is 192 Å². The highest BCUT2D eigenvalue weighted by atomic mass is 32.2. The zero-order valence-corrected chi connectivity index (χ0v) is 18.8. The van der Waals surface area contributed by atoms with E-state index in [0.29, 0.717) is 24.3 Å². The molecule has 1 aliphatic rings. The molecule has 33 heavy (non-hydrogen) atoms. The summed E-state index contributed by atoms with van der Waals surface area (Å²) in [6.45, 7) is 1.27. The molecule has 4 aromatic rings. The van der Waals surface area contributed by atoms with E-state index in [1.54, 1.807) is 24.4 Å². The number of nitrogens with one attached hydrogen (secondary N) is 1. The highest BCUT2D eigenvalue weighted by molar-refractivity contribution is 7.90. The standard InChI is InChI=1S/C26H24N2O4S/c29-26(27-21-14-16-32-17-15-21)20-10-12-22(13-11-20)33(30,31)28-18-24(19-6-2-1-3-7-19)23-8-4-5-9-25(23)28/h1-13,18,21H,14-17H2,(H,27,29). The van der Waals surface area contributed by atoms with Crippen molar-refractivity contribution in [2.45, 2.75) is 23.8 Å². The Kier molecular flexibility index (Phi) is 5.74. The number of aromatic nitrogens is 1. The van der Waals surface area contributed by atoms with Crippen molar-refractivity contribution in [3.8, 4) is 11.1 Å². The molecule has 168 valence electrons. The molecule has 1 aromatic heterocycles. The number of carbonyl (C=O) groups excluding carboxylic acids is 1. The van der Waals surface area contributed by atoms with Gasteiger partial charge in [0.15, 0.2) is 0 Å². The molecular weight excluding hydrogens is 436 g/mol. The molecule has 0 radical (unpaired) electrons. The maximum atomic E-state index is 13.5. The summed E-state index contributed by atoms with van der Waals surface area (Å²) in [5.74, 6) is -0.205. The third kappa shape index (κ3) is 4.17. The summed E-state index contributed by atoms with van der Waals surface area (Å²) in [5, 5.41) is 3.86. The highest BCUT2D eigenvalue weighted by Gasteiger charge is 2.23. The Morgan fingerprint density at radius 3 is 2.27 bits per heavy atom. The number of fused-ring (bicyclic) bond motifs is 1. The predicted molar refractivity (Wildman–Crippen MR) is 128 cm³/mol. The molecule has 0 atom stereocenters. The minimum absolute atomic E-state index is 0.0808. The molecule has 3 aromatic carbocycles. The van der Waals surface area contributed by atoms with Gasteiger partial charge in [-0.05, 0) is 48.7 Å². The van der Waals surface area contributed by atoms with Gasteiger partial charge in [0.05, 0.1) is 10.4 Å². The third-order valence-electron chi connectivity index (χ3n) is 5.99. The van der Waals surface area contributed by atoms with Gasteiger partial charge >= 0.3 is 0 Å². The van der Waals surface area contributed by atoms with E-state index < -0.39 is 10.0 Å². The van der Waals surface area contributed by atoms with Crippen LogP contribution in [0.1, 0.15) is 23.2 Å². The van der Waals surface area contributed by atoms with Crippen molar-refractivity contribution in [2.75, 3.05) is 13.2 Å². The van der Waals surface area contributed by atoms with Crippen LogP contribution in [0.25, 0.3) is 22.0 Å². The molecule has 1 saturated heterocycles. The number of hydrogen-bond acceptors (Lipinski definition) is 4. The predicted octanol–water partition coefficient (Wildman–Crippen LogP) is 4.45. The zero-order chi connectivity index (χ0) is 22.8. The number of rotatable bonds is 5. The first kappa shape index (κ1) is 21.4. The molecule has 0 spiro atoms. The largest absolute Gasteiger partial charge is 0.381 e. The molecule has 1 aliphatic heterocycles. The van der Waals surface area contributed by atoms with E-state index in [1.165, 1.54) is 16.1 Å². The molecule has 0 aliphatic carbocycles. The van der Waals surface area contributed by atoms with Gasteiger partial charge in [0.2, 0.25) is 0 Å². The summed E-state index contributed by atoms with van der Waals surface area (Å²) < 4.78 is 33.7. The molecule has 7 heteroatoms. The first-order chi connectivity index (χ1) is 16.0. The van der Waals surface area contributed by atoms with Gasteiger partial charge in [-0.2, -0.15) is 0 Å². The second-order valence-corrected chi connectivity index (χ2v) is 9.93. The van der Waals surface area contributed by atoms with Crippen LogP contribution >= 0.6 is 0 Å². The van der Waals surface area contributed by atoms with E-state index in [-0.39, 0.29) is 16.8 Å². The fourth-order valence-corrected chi connectivity index (χ4v) is 5.57. The SMILES string of the molecule is O=C(NC1CCOCC1)c1ccc(S(=O)(=O)n2cc(-c3ccccc3)c3ccccc32)cc1. The lowest BCUT2D eigenvalue weighted by Gasteiger charge is -2.23. The number of para-hydroxylation sites is 1. The first-order valence-electron chi connectivity index (χ1n) is 10.9. The van der Waals surface area contributed by atoms with Gasteiger partial charge < -0.3 is 10.1 Å². The Morgan fingerprint density at radius 1 is 0.879 bits per heavy atom. The molecule has 0 bridgehead atoms. The van der Waals surface area contributed by atoms with Crippen LogP contribution in [0.3, 0.4) is 0 Å². The van der Waals surface area contributed by atoms with Crippen LogP contribution in [0.4, 0.5) is 0 Å². The maximum Gasteiger partial charge on any atom is 0.268 e. The minimum Gasteiger partial charge on any atom is -0.381 e. The van der Waals surface area contributed by atoms with Crippen LogP contribution in [0.15, 0.2) is 90.0 Å². The van der Waals surface area contributed by atoms with Crippen molar-refractivity contribution >= 4 is 26.8 Å². The monoisotopic (exact) mass is 460 g/mol. The van der Waals surface area contributed by atoms with Crippen LogP contribution in [0.5, 0.6) is 0 Å². The lowest BCUT2D eigenvalue weighted by Crippen LogP contribution is -2.38. The van der Waals surface area contributed by atoms with E-state index in [0.717, 1.165) is 29.4 Å². The quantitative estimate of drug-likeness (QED) is 0.477. The molecule has 2 heterocycles. The summed E-state index contributed by atoms with van der Waals surface area (Å²) in [4.78, 5) is 12.7. The fourth-order valence-electron chi connectivity index (χ4n) is 4.20. The minimum atomic E-state index is -3.85. The van der Waals surface area contributed by atoms with Gasteiger partial charge in [0, 0.05) is 42.0 Å². The van der Waals surface area contributed by atoms with Gasteiger partial charge in [-0.3, -0.25) is 4.79 Å². The number of ether oxygens (including phenoxy) is 1. The highest BCUT2D eigenvalue weighted by Crippen LogP contribution is 2.33. The second kappa shape index (κ2) is 8.84. The third-order valence-corrected chi connectivity index (χ3v) is 7.68. The normalized spacial score (nSPS) is 14.9. The Hall–Kier alpha value is -3.42. The van der Waals surface area contributed by atoms with Crippen LogP contribution < -0.4 is 5.32 Å². The van der Waals surface area contributed by atoms with E-state index in [9.17, 15) is 13.2 Å². The van der Waals surface area contributed by atoms with E-state index in [2.05, 4.69) is 5.32 Å². The van der Waals surface area contributed by atoms with Gasteiger partial charge in [-0.1, -0.05) is 48.5 Å². The van der Waals surface area contributed by atoms with Crippen molar-refractivity contribution in [3.63, 3.8) is 0 Å². The molecule has 0 unspecified atom stereocenters. The fraction of sp³-hybridized carbons (Fsp3) is 0.192. The van der Waals surface area contributed by atoms with Crippen LogP contribution in [0.2, 0.25) is 0 Å². The Balaban J connectivity index is 1.47. The van der Waals surface area contributed by atoms with Gasteiger partial charge in [0.25, 0.3) is 15.9 Å². The summed E-state index contributed by atoms with van der Waals surface area (Å²) in [5.41, 5.74) is 2.84. The molecule has 1 N–H and O–H groups in total. The average molecular weight is 461 g/mol. The van der Waals surface area contributed by atoms with Crippen molar-refractivity contribution < 1.29 is 17.9 Å². The van der Waals surface area contributed by atoms with Gasteiger partial charge in [-0.15, -0.1) is 0 Å². The first-order valence-corrected chi connectivity index (χ1v) is 12.4. The van der Waals surface area contributed by atoms with E-state index >= 15 is 0 Å². The summed E-state index contributed by atoms with van der Waals surface area (Å²) in [6.07, 6.45) is 3.23. The molecule has 1 amide bonds. The van der Waals surface area contributed by atoms with Crippen molar-refractivity contribution in [2.24, 2.45) is 0 Å². The molecule has 1 fully saturated rings. The van der Waals surface area contributed by atoms with Crippen molar-refractivity contribution in [3.05, 3.63) is 90.6 Å². The topological polar surface area (TPSA) is 77.4 Å². The van der Waals surface area contributed by atoms with Crippen molar-refractivity contribution in [1.82, 2.24) is 9.29 Å². The number of benzene rings is 3. The van der Waals surface area contributed by atoms with Gasteiger partial charge in [0.1, 0.15) is 0 Å². The number of hydrogen-bond donors (Lipinski definition) is 1. The van der Waals surface area contributed by atoms with Crippen molar-refractivity contribution in [1.29, 1.82) is 0 Å². The summed E-state index contributed by atoms with van der Waals surface area (Å²) >= 11 is 0. The Morgan fingerprint density at radius 2 is 1.55 bits per heavy atom. The van der Waals surface area contributed by atoms with Crippen LogP contribution in [-0.4, -0.2) is 37.6 Å². The lowest BCUT2D eigenvalue weighted by atomic mass is 10.1. The molecule has 0 saturated carbocycles. The summed E-state index contributed by atoms with van der Waals surface area (Å²) in [6, 6.07) is 23.4. The smallest absolute Gasteiger partial charge is 0.268 e. The number of carbonyl (C=O) groups is 1. The zero-order valence-electron chi connectivity index (χ0n) is 18.0. The van der Waals surface area contributed by atoms with E-state index in [4.69, 9.17) is 4.74 Å².